The Balaban J connectivity index is 1.70. The van der Waals surface area contributed by atoms with Gasteiger partial charge in [-0.15, -0.1) is 0 Å². The van der Waals surface area contributed by atoms with E-state index in [0.29, 0.717) is 34.4 Å². The normalized spacial score (nSPS) is 14.9. The highest BCUT2D eigenvalue weighted by molar-refractivity contribution is 6.60. The van der Waals surface area contributed by atoms with Gasteiger partial charge in [0.2, 0.25) is 0 Å². The molecule has 2 amide bonds. The fraction of sp³-hybridized carbons (Fsp3) is 0.417. The molecule has 9 heteroatoms. The lowest BCUT2D eigenvalue weighted by Gasteiger charge is -2.42. The third-order valence-electron chi connectivity index (χ3n) is 6.01. The standard InChI is InChI=1S/C24H32BN3O5/c1-7-21(24(3,4)5)28-14-17-12-11-16(13-19(17)25(31)33-28)22(29)26-27-23(30)18-9-8-10-20(32-6)15(18)2/h8-13,21,31H,7,14H2,1-6H3,(H,26,29)(H,27,30). The number of rotatable bonds is 5. The fourth-order valence-electron chi connectivity index (χ4n) is 4.27. The zero-order valence-corrected chi connectivity index (χ0v) is 20.1. The van der Waals surface area contributed by atoms with E-state index in [4.69, 9.17) is 9.49 Å². The average molecular weight is 453 g/mol. The smallest absolute Gasteiger partial charge is 0.496 e. The summed E-state index contributed by atoms with van der Waals surface area (Å²) in [6.07, 6.45) is 0.874. The number of methoxy groups -OCH3 is 1. The summed E-state index contributed by atoms with van der Waals surface area (Å²) in [7, 11) is 0.358. The van der Waals surface area contributed by atoms with Gasteiger partial charge in [0.25, 0.3) is 11.8 Å². The molecule has 0 radical (unpaired) electrons. The number of hydrazine groups is 1. The summed E-state index contributed by atoms with van der Waals surface area (Å²) >= 11 is 0. The molecule has 0 spiro atoms. The molecule has 2 aromatic carbocycles. The summed E-state index contributed by atoms with van der Waals surface area (Å²) in [6.45, 7) is 10.8. The lowest BCUT2D eigenvalue weighted by Crippen LogP contribution is -2.54. The first kappa shape index (κ1) is 24.8. The van der Waals surface area contributed by atoms with E-state index < -0.39 is 18.9 Å². The van der Waals surface area contributed by atoms with Crippen LogP contribution in [0.5, 0.6) is 5.75 Å². The summed E-state index contributed by atoms with van der Waals surface area (Å²) in [4.78, 5) is 25.2. The monoisotopic (exact) mass is 453 g/mol. The van der Waals surface area contributed by atoms with Gasteiger partial charge in [0.1, 0.15) is 5.75 Å². The summed E-state index contributed by atoms with van der Waals surface area (Å²) in [6, 6.07) is 10.3. The van der Waals surface area contributed by atoms with Gasteiger partial charge in [-0.1, -0.05) is 39.8 Å². The maximum Gasteiger partial charge on any atom is 0.509 e. The van der Waals surface area contributed by atoms with Gasteiger partial charge in [0.15, 0.2) is 0 Å². The van der Waals surface area contributed by atoms with E-state index in [2.05, 4.69) is 38.5 Å². The minimum atomic E-state index is -1.17. The highest BCUT2D eigenvalue weighted by atomic mass is 16.7. The topological polar surface area (TPSA) is 100 Å². The second kappa shape index (κ2) is 9.95. The Morgan fingerprint density at radius 3 is 2.55 bits per heavy atom. The molecule has 1 atom stereocenters. The molecule has 1 heterocycles. The number of amides is 2. The van der Waals surface area contributed by atoms with Crippen molar-refractivity contribution in [2.45, 2.75) is 53.6 Å². The van der Waals surface area contributed by atoms with Crippen LogP contribution >= 0.6 is 0 Å². The third kappa shape index (κ3) is 5.38. The molecule has 3 N–H and O–H groups in total. The van der Waals surface area contributed by atoms with E-state index >= 15 is 0 Å². The Hall–Kier alpha value is -2.88. The first-order chi connectivity index (χ1) is 15.6. The number of hydrogen-bond acceptors (Lipinski definition) is 6. The zero-order valence-electron chi connectivity index (χ0n) is 20.1. The Bertz CT molecular complexity index is 1040. The predicted molar refractivity (Wildman–Crippen MR) is 127 cm³/mol. The van der Waals surface area contributed by atoms with Crippen molar-refractivity contribution >= 4 is 24.4 Å². The van der Waals surface area contributed by atoms with Gasteiger partial charge in [-0.05, 0) is 54.1 Å². The number of nitrogens with one attached hydrogen (secondary N) is 2. The summed E-state index contributed by atoms with van der Waals surface area (Å²) in [5, 5.41) is 12.4. The molecule has 1 unspecified atom stereocenters. The molecule has 0 bridgehead atoms. The van der Waals surface area contributed by atoms with Crippen molar-refractivity contribution in [3.05, 3.63) is 58.7 Å². The molecule has 0 saturated heterocycles. The molecular formula is C24H32BN3O5. The molecule has 0 aromatic heterocycles. The van der Waals surface area contributed by atoms with Crippen molar-refractivity contribution in [2.75, 3.05) is 7.11 Å². The molecule has 176 valence electrons. The largest absolute Gasteiger partial charge is 0.509 e. The Kier molecular flexibility index (Phi) is 7.46. The predicted octanol–water partition coefficient (Wildman–Crippen LogP) is 2.34. The zero-order chi connectivity index (χ0) is 24.3. The van der Waals surface area contributed by atoms with Crippen LogP contribution in [0.15, 0.2) is 36.4 Å². The highest BCUT2D eigenvalue weighted by Gasteiger charge is 2.37. The molecule has 0 saturated carbocycles. The van der Waals surface area contributed by atoms with Crippen LogP contribution in [0.3, 0.4) is 0 Å². The van der Waals surface area contributed by atoms with E-state index in [1.165, 1.54) is 7.11 Å². The Morgan fingerprint density at radius 2 is 1.91 bits per heavy atom. The second-order valence-corrected chi connectivity index (χ2v) is 9.28. The number of carbonyl (C=O) groups is 2. The van der Waals surface area contributed by atoms with E-state index in [9.17, 15) is 14.6 Å². The van der Waals surface area contributed by atoms with Crippen molar-refractivity contribution in [1.29, 1.82) is 0 Å². The van der Waals surface area contributed by atoms with Crippen LogP contribution in [0, 0.1) is 12.3 Å². The van der Waals surface area contributed by atoms with E-state index in [-0.39, 0.29) is 11.5 Å². The van der Waals surface area contributed by atoms with Crippen LogP contribution in [0.1, 0.15) is 66.0 Å². The maximum absolute atomic E-state index is 12.6. The molecule has 2 aromatic rings. The number of fused-ring (bicyclic) bond motifs is 1. The van der Waals surface area contributed by atoms with Crippen LogP contribution in [0.25, 0.3) is 0 Å². The number of hydrogen-bond donors (Lipinski definition) is 3. The van der Waals surface area contributed by atoms with Crippen LogP contribution in [-0.2, 0) is 11.3 Å². The summed E-state index contributed by atoms with van der Waals surface area (Å²) in [5.41, 5.74) is 7.64. The Morgan fingerprint density at radius 1 is 1.21 bits per heavy atom. The van der Waals surface area contributed by atoms with Crippen molar-refractivity contribution in [1.82, 2.24) is 15.9 Å². The molecule has 1 aliphatic heterocycles. The number of nitrogens with zero attached hydrogens (tertiary/aromatic N) is 1. The average Bonchev–Trinajstić information content (AvgIpc) is 2.76. The van der Waals surface area contributed by atoms with Crippen molar-refractivity contribution in [2.24, 2.45) is 5.41 Å². The van der Waals surface area contributed by atoms with Gasteiger partial charge in [0, 0.05) is 29.3 Å². The third-order valence-corrected chi connectivity index (χ3v) is 6.01. The minimum absolute atomic E-state index is 0.0227. The maximum atomic E-state index is 12.6. The van der Waals surface area contributed by atoms with Crippen LogP contribution < -0.4 is 21.1 Å². The van der Waals surface area contributed by atoms with Crippen LogP contribution in [0.4, 0.5) is 0 Å². The van der Waals surface area contributed by atoms with Crippen LogP contribution in [-0.4, -0.2) is 42.2 Å². The molecule has 8 nitrogen and oxygen atoms in total. The van der Waals surface area contributed by atoms with Gasteiger partial charge >= 0.3 is 7.12 Å². The van der Waals surface area contributed by atoms with E-state index in [1.807, 2.05) is 11.1 Å². The van der Waals surface area contributed by atoms with Crippen molar-refractivity contribution in [3.8, 4) is 5.75 Å². The number of hydroxylamine groups is 2. The lowest BCUT2D eigenvalue weighted by molar-refractivity contribution is -0.150. The quantitative estimate of drug-likeness (QED) is 0.475. The molecule has 33 heavy (non-hydrogen) atoms. The number of ether oxygens (including phenoxy) is 1. The molecular weight excluding hydrogens is 421 g/mol. The van der Waals surface area contributed by atoms with Gasteiger partial charge in [0.05, 0.1) is 7.11 Å². The number of benzene rings is 2. The van der Waals surface area contributed by atoms with Gasteiger partial charge < -0.3 is 14.5 Å². The van der Waals surface area contributed by atoms with Gasteiger partial charge in [-0.25, -0.2) is 0 Å². The highest BCUT2D eigenvalue weighted by Crippen LogP contribution is 2.30. The van der Waals surface area contributed by atoms with E-state index in [1.54, 1.807) is 37.3 Å². The molecule has 3 rings (SSSR count). The van der Waals surface area contributed by atoms with E-state index in [0.717, 1.165) is 12.0 Å². The second-order valence-electron chi connectivity index (χ2n) is 9.28. The van der Waals surface area contributed by atoms with Crippen molar-refractivity contribution < 1.29 is 24.1 Å². The number of carbonyl (C=O) groups excluding carboxylic acids is 2. The van der Waals surface area contributed by atoms with Crippen LogP contribution in [0.2, 0.25) is 0 Å². The first-order valence-electron chi connectivity index (χ1n) is 11.0. The fourth-order valence-corrected chi connectivity index (χ4v) is 4.27. The SMILES string of the molecule is CCC(N1Cc2ccc(C(=O)NNC(=O)c3cccc(OC)c3C)cc2B(O)O1)C(C)(C)C. The summed E-state index contributed by atoms with van der Waals surface area (Å²) < 4.78 is 11.0. The van der Waals surface area contributed by atoms with Crippen molar-refractivity contribution in [3.63, 3.8) is 0 Å². The summed E-state index contributed by atoms with van der Waals surface area (Å²) in [5.74, 6) is -0.365. The van der Waals surface area contributed by atoms with Gasteiger partial charge in [-0.3, -0.25) is 20.4 Å². The Labute approximate surface area is 195 Å². The molecule has 1 aliphatic rings. The lowest BCUT2D eigenvalue weighted by atomic mass is 9.74. The minimum Gasteiger partial charge on any atom is -0.496 e. The first-order valence-corrected chi connectivity index (χ1v) is 11.0. The van der Waals surface area contributed by atoms with Gasteiger partial charge in [-0.2, -0.15) is 5.06 Å². The molecule has 0 fully saturated rings. The molecule has 0 aliphatic carbocycles.